The summed E-state index contributed by atoms with van der Waals surface area (Å²) in [6.07, 6.45) is 0. The molecule has 0 amide bonds. The molecule has 0 aromatic carbocycles. The van der Waals surface area contributed by atoms with Crippen LogP contribution in [0.1, 0.15) is 26.6 Å². The molecule has 0 radical (unpaired) electrons. The zero-order valence-electron chi connectivity index (χ0n) is 6.80. The van der Waals surface area contributed by atoms with Crippen molar-refractivity contribution in [1.82, 2.24) is 10.1 Å². The van der Waals surface area contributed by atoms with Gasteiger partial charge in [0.25, 0.3) is 0 Å². The molecule has 0 atom stereocenters. The number of hydrogen-bond acceptors (Lipinski definition) is 3. The maximum atomic E-state index is 4.83. The minimum absolute atomic E-state index is 0.00222. The lowest BCUT2D eigenvalue weighted by atomic mass is 9.96. The first kappa shape index (κ1) is 7.31. The Morgan fingerprint density at radius 3 is 2.20 bits per heavy atom. The van der Waals surface area contributed by atoms with Crippen LogP contribution < -0.4 is 5.79 Å². The van der Waals surface area contributed by atoms with Gasteiger partial charge in [0.1, 0.15) is 0 Å². The average molecular weight is 138 g/mol. The quantitative estimate of drug-likeness (QED) is 0.459. The van der Waals surface area contributed by atoms with Crippen molar-refractivity contribution in [2.75, 3.05) is 0 Å². The van der Waals surface area contributed by atoms with Gasteiger partial charge in [-0.3, -0.25) is 0 Å². The van der Waals surface area contributed by atoms with Crippen molar-refractivity contribution in [3.63, 3.8) is 0 Å². The van der Waals surface area contributed by atoms with Crippen LogP contribution in [-0.4, -0.2) is 18.0 Å². The van der Waals surface area contributed by atoms with Crippen molar-refractivity contribution in [2.45, 2.75) is 26.2 Å². The average Bonchev–Trinajstić information content (AvgIpc) is 2.11. The van der Waals surface area contributed by atoms with Crippen LogP contribution >= 0.6 is 0 Å². The number of aromatic nitrogens is 2. The van der Waals surface area contributed by atoms with Gasteiger partial charge >= 0.3 is 0 Å². The second-order valence-electron chi connectivity index (χ2n) is 3.39. The lowest BCUT2D eigenvalue weighted by Gasteiger charge is -2.10. The van der Waals surface area contributed by atoms with E-state index in [1.807, 2.05) is 0 Å². The molecule has 1 rings (SSSR count). The highest BCUT2D eigenvalue weighted by molar-refractivity contribution is 6.28. The predicted molar refractivity (Wildman–Crippen MR) is 41.2 cm³/mol. The molecule has 1 aromatic rings. The maximum absolute atomic E-state index is 4.83. The van der Waals surface area contributed by atoms with Crippen LogP contribution in [0.15, 0.2) is 4.52 Å². The van der Waals surface area contributed by atoms with Gasteiger partial charge in [-0.05, 0) is 0 Å². The van der Waals surface area contributed by atoms with Gasteiger partial charge in [0.15, 0.2) is 11.6 Å². The van der Waals surface area contributed by atoms with Crippen molar-refractivity contribution in [1.29, 1.82) is 0 Å². The fourth-order valence-corrected chi connectivity index (χ4v) is 0.604. The van der Waals surface area contributed by atoms with Crippen LogP contribution in [0.4, 0.5) is 0 Å². The van der Waals surface area contributed by atoms with Crippen LogP contribution in [0.3, 0.4) is 0 Å². The Labute approximate surface area is 61.2 Å². The minimum Gasteiger partial charge on any atom is -0.352 e. The van der Waals surface area contributed by atoms with E-state index in [-0.39, 0.29) is 5.41 Å². The summed E-state index contributed by atoms with van der Waals surface area (Å²) in [5, 5.41) is 3.80. The predicted octanol–water partition coefficient (Wildman–Crippen LogP) is -0.375. The first-order valence-electron chi connectivity index (χ1n) is 3.31. The van der Waals surface area contributed by atoms with E-state index in [0.717, 1.165) is 5.82 Å². The third kappa shape index (κ3) is 1.37. The summed E-state index contributed by atoms with van der Waals surface area (Å²) >= 11 is 0. The zero-order valence-corrected chi connectivity index (χ0v) is 6.80. The maximum Gasteiger partial charge on any atom is 0.216 e. The molecular formula is C6H11BN2O. The summed E-state index contributed by atoms with van der Waals surface area (Å²) in [5.41, 5.74) is -0.00222. The number of rotatable bonds is 0. The SMILES string of the molecule is Bc1nc(C(C)(C)C)no1. The third-order valence-corrected chi connectivity index (χ3v) is 1.20. The van der Waals surface area contributed by atoms with Crippen LogP contribution in [0.25, 0.3) is 0 Å². The Morgan fingerprint density at radius 1 is 1.40 bits per heavy atom. The lowest BCUT2D eigenvalue weighted by Crippen LogP contribution is -2.15. The van der Waals surface area contributed by atoms with Gasteiger partial charge in [0, 0.05) is 5.41 Å². The Kier molecular flexibility index (Phi) is 1.54. The van der Waals surface area contributed by atoms with Crippen LogP contribution in [0.2, 0.25) is 0 Å². The summed E-state index contributed by atoms with van der Waals surface area (Å²) in [4.78, 5) is 4.10. The number of nitrogens with zero attached hydrogens (tertiary/aromatic N) is 2. The van der Waals surface area contributed by atoms with Crippen molar-refractivity contribution in [2.24, 2.45) is 0 Å². The van der Waals surface area contributed by atoms with Crippen LogP contribution in [-0.2, 0) is 5.41 Å². The van der Waals surface area contributed by atoms with E-state index in [1.54, 1.807) is 7.85 Å². The fourth-order valence-electron chi connectivity index (χ4n) is 0.604. The van der Waals surface area contributed by atoms with E-state index in [1.165, 1.54) is 0 Å². The summed E-state index contributed by atoms with van der Waals surface area (Å²) in [6.45, 7) is 6.16. The van der Waals surface area contributed by atoms with Gasteiger partial charge in [-0.1, -0.05) is 25.9 Å². The molecule has 54 valence electrons. The van der Waals surface area contributed by atoms with Gasteiger partial charge in [-0.2, -0.15) is 0 Å². The zero-order chi connectivity index (χ0) is 7.78. The molecule has 4 heteroatoms. The molecule has 0 spiro atoms. The molecule has 1 aromatic heterocycles. The van der Waals surface area contributed by atoms with E-state index in [4.69, 9.17) is 4.52 Å². The van der Waals surface area contributed by atoms with Crippen molar-refractivity contribution >= 4 is 13.6 Å². The highest BCUT2D eigenvalue weighted by atomic mass is 16.5. The molecule has 0 aliphatic heterocycles. The molecule has 0 saturated heterocycles. The van der Waals surface area contributed by atoms with Gasteiger partial charge in [0.2, 0.25) is 7.85 Å². The summed E-state index contributed by atoms with van der Waals surface area (Å²) in [7, 11) is 1.79. The monoisotopic (exact) mass is 138 g/mol. The van der Waals surface area contributed by atoms with Gasteiger partial charge in [0.05, 0.1) is 0 Å². The van der Waals surface area contributed by atoms with E-state index in [9.17, 15) is 0 Å². The molecule has 0 aliphatic carbocycles. The van der Waals surface area contributed by atoms with E-state index >= 15 is 0 Å². The summed E-state index contributed by atoms with van der Waals surface area (Å²) in [5.74, 6) is 1.40. The summed E-state index contributed by atoms with van der Waals surface area (Å²) in [6, 6.07) is 0. The third-order valence-electron chi connectivity index (χ3n) is 1.20. The second kappa shape index (κ2) is 2.11. The van der Waals surface area contributed by atoms with E-state index in [0.29, 0.717) is 5.79 Å². The van der Waals surface area contributed by atoms with Crippen molar-refractivity contribution in [3.8, 4) is 0 Å². The number of hydrogen-bond donors (Lipinski definition) is 0. The first-order chi connectivity index (χ1) is 4.50. The fraction of sp³-hybridized carbons (Fsp3) is 0.667. The first-order valence-corrected chi connectivity index (χ1v) is 3.31. The molecule has 0 bridgehead atoms. The molecule has 3 nitrogen and oxygen atoms in total. The normalized spacial score (nSPS) is 11.9. The van der Waals surface area contributed by atoms with Crippen molar-refractivity contribution in [3.05, 3.63) is 5.82 Å². The molecule has 1 heterocycles. The Bertz CT molecular complexity index is 226. The lowest BCUT2D eigenvalue weighted by molar-refractivity contribution is 0.412. The molecule has 0 unspecified atom stereocenters. The molecule has 0 fully saturated rings. The Hall–Kier alpha value is -0.795. The van der Waals surface area contributed by atoms with Gasteiger partial charge in [-0.25, -0.2) is 4.98 Å². The van der Waals surface area contributed by atoms with E-state index in [2.05, 4.69) is 30.9 Å². The molecular weight excluding hydrogens is 127 g/mol. The molecule has 0 aliphatic rings. The van der Waals surface area contributed by atoms with Crippen molar-refractivity contribution < 1.29 is 4.52 Å². The van der Waals surface area contributed by atoms with Gasteiger partial charge in [-0.15, -0.1) is 0 Å². The largest absolute Gasteiger partial charge is 0.352 e. The standard InChI is InChI=1S/C6H11BN2O/c1-6(2,3)4-8-5(7)10-9-4/h7H2,1-3H3. The Morgan fingerprint density at radius 2 is 2.00 bits per heavy atom. The second-order valence-corrected chi connectivity index (χ2v) is 3.39. The van der Waals surface area contributed by atoms with Crippen LogP contribution in [0.5, 0.6) is 0 Å². The molecule has 0 saturated carbocycles. The highest BCUT2D eigenvalue weighted by Gasteiger charge is 2.19. The van der Waals surface area contributed by atoms with Gasteiger partial charge < -0.3 is 4.52 Å². The smallest absolute Gasteiger partial charge is 0.216 e. The Balaban J connectivity index is 2.96. The minimum atomic E-state index is -0.00222. The van der Waals surface area contributed by atoms with E-state index < -0.39 is 0 Å². The highest BCUT2D eigenvalue weighted by Crippen LogP contribution is 2.15. The summed E-state index contributed by atoms with van der Waals surface area (Å²) < 4.78 is 4.83. The topological polar surface area (TPSA) is 38.9 Å². The molecule has 10 heavy (non-hydrogen) atoms. The molecule has 0 N–H and O–H groups in total. The van der Waals surface area contributed by atoms with Crippen LogP contribution in [0, 0.1) is 0 Å².